The molecule has 0 unspecified atom stereocenters. The Morgan fingerprint density at radius 3 is 2.38 bits per heavy atom. The van der Waals surface area contributed by atoms with Gasteiger partial charge in [0.2, 0.25) is 0 Å². The van der Waals surface area contributed by atoms with Crippen LogP contribution in [0, 0.1) is 6.92 Å². The van der Waals surface area contributed by atoms with Crippen LogP contribution in [-0.2, 0) is 16.4 Å². The van der Waals surface area contributed by atoms with Gasteiger partial charge in [0.15, 0.2) is 9.84 Å². The van der Waals surface area contributed by atoms with Crippen LogP contribution in [0.5, 0.6) is 5.75 Å². The Balaban J connectivity index is 1.72. The second kappa shape index (κ2) is 9.52. The zero-order valence-electron chi connectivity index (χ0n) is 19.1. The lowest BCUT2D eigenvalue weighted by atomic mass is 10.1. The number of rotatable bonds is 7. The van der Waals surface area contributed by atoms with Crippen molar-refractivity contribution >= 4 is 21.4 Å². The van der Waals surface area contributed by atoms with Crippen LogP contribution in [-0.4, -0.2) is 37.5 Å². The molecule has 1 heterocycles. The molecule has 4 aromatic rings. The number of amides is 1. The van der Waals surface area contributed by atoms with Gasteiger partial charge in [0.05, 0.1) is 24.1 Å². The summed E-state index contributed by atoms with van der Waals surface area (Å²) in [4.78, 5) is 13.5. The van der Waals surface area contributed by atoms with E-state index in [-0.39, 0.29) is 10.8 Å². The van der Waals surface area contributed by atoms with E-state index in [2.05, 4.69) is 5.32 Å². The van der Waals surface area contributed by atoms with Crippen molar-refractivity contribution in [1.29, 1.82) is 0 Å². The summed E-state index contributed by atoms with van der Waals surface area (Å²) >= 11 is 0. The molecule has 1 amide bonds. The highest BCUT2D eigenvalue weighted by molar-refractivity contribution is 7.90. The summed E-state index contributed by atoms with van der Waals surface area (Å²) in [5.41, 5.74) is 3.90. The van der Waals surface area contributed by atoms with Crippen molar-refractivity contribution in [3.05, 3.63) is 95.7 Å². The molecule has 4 rings (SSSR count). The Morgan fingerprint density at radius 1 is 1.03 bits per heavy atom. The Labute approximate surface area is 198 Å². The highest BCUT2D eigenvalue weighted by Crippen LogP contribution is 2.27. The van der Waals surface area contributed by atoms with Gasteiger partial charge >= 0.3 is 0 Å². The van der Waals surface area contributed by atoms with Crippen molar-refractivity contribution in [1.82, 2.24) is 9.78 Å². The summed E-state index contributed by atoms with van der Waals surface area (Å²) in [6.45, 7) is 2.31. The number of hydrogen-bond acceptors (Lipinski definition) is 5. The largest absolute Gasteiger partial charge is 0.497 e. The van der Waals surface area contributed by atoms with Gasteiger partial charge in [-0.1, -0.05) is 36.4 Å². The lowest BCUT2D eigenvalue weighted by Crippen LogP contribution is -2.14. The maximum absolute atomic E-state index is 13.4. The number of anilines is 1. The van der Waals surface area contributed by atoms with Crippen LogP contribution < -0.4 is 10.1 Å². The van der Waals surface area contributed by atoms with Gasteiger partial charge in [0.1, 0.15) is 11.4 Å². The molecule has 34 heavy (non-hydrogen) atoms. The summed E-state index contributed by atoms with van der Waals surface area (Å²) in [5, 5.41) is 7.56. The molecule has 0 spiro atoms. The van der Waals surface area contributed by atoms with Gasteiger partial charge in [0, 0.05) is 23.7 Å². The van der Waals surface area contributed by atoms with Gasteiger partial charge < -0.3 is 10.1 Å². The van der Waals surface area contributed by atoms with E-state index in [9.17, 15) is 13.2 Å². The van der Waals surface area contributed by atoms with Gasteiger partial charge in [-0.05, 0) is 54.4 Å². The maximum atomic E-state index is 13.4. The van der Waals surface area contributed by atoms with E-state index in [0.717, 1.165) is 22.9 Å². The first-order chi connectivity index (χ1) is 16.2. The first-order valence-electron chi connectivity index (χ1n) is 10.6. The minimum atomic E-state index is -3.41. The fourth-order valence-corrected chi connectivity index (χ4v) is 4.20. The van der Waals surface area contributed by atoms with Crippen LogP contribution in [0.3, 0.4) is 0 Å². The van der Waals surface area contributed by atoms with Crippen molar-refractivity contribution < 1.29 is 17.9 Å². The Kier molecular flexibility index (Phi) is 6.51. The van der Waals surface area contributed by atoms with Crippen LogP contribution in [0.1, 0.15) is 21.5 Å². The average Bonchev–Trinajstić information content (AvgIpc) is 3.24. The standard InChI is InChI=1S/C26H25N3O4S/c1-18-9-14-22(34(3,31)32)15-24(18)27-26(30)23-17-29(16-19-7-5-4-6-8-19)28-25(23)20-10-12-21(33-2)13-11-20/h4-15,17H,16H2,1-3H3,(H,27,30). The second-order valence-electron chi connectivity index (χ2n) is 8.01. The molecule has 3 aromatic carbocycles. The number of aromatic nitrogens is 2. The third-order valence-corrected chi connectivity index (χ3v) is 6.55. The molecule has 0 aliphatic rings. The molecule has 174 valence electrons. The summed E-state index contributed by atoms with van der Waals surface area (Å²) in [6, 6.07) is 21.8. The molecule has 0 bridgehead atoms. The van der Waals surface area contributed by atoms with Gasteiger partial charge in [-0.15, -0.1) is 0 Å². The lowest BCUT2D eigenvalue weighted by molar-refractivity contribution is 0.102. The van der Waals surface area contributed by atoms with Crippen LogP contribution in [0.2, 0.25) is 0 Å². The number of benzene rings is 3. The number of ether oxygens (including phenoxy) is 1. The van der Waals surface area contributed by atoms with E-state index in [4.69, 9.17) is 9.84 Å². The Morgan fingerprint density at radius 2 is 1.74 bits per heavy atom. The molecule has 0 fully saturated rings. The lowest BCUT2D eigenvalue weighted by Gasteiger charge is -2.10. The zero-order chi connectivity index (χ0) is 24.3. The maximum Gasteiger partial charge on any atom is 0.259 e. The SMILES string of the molecule is COc1ccc(-c2nn(Cc3ccccc3)cc2C(=O)Nc2cc(S(C)(=O)=O)ccc2C)cc1. The highest BCUT2D eigenvalue weighted by atomic mass is 32.2. The van der Waals surface area contributed by atoms with Crippen LogP contribution in [0.4, 0.5) is 5.69 Å². The molecule has 0 aliphatic carbocycles. The second-order valence-corrected chi connectivity index (χ2v) is 10.0. The number of nitrogens with one attached hydrogen (secondary N) is 1. The first-order valence-corrected chi connectivity index (χ1v) is 12.5. The normalized spacial score (nSPS) is 11.3. The van der Waals surface area contributed by atoms with Crippen LogP contribution in [0.25, 0.3) is 11.3 Å². The van der Waals surface area contributed by atoms with E-state index >= 15 is 0 Å². The Hall–Kier alpha value is -3.91. The number of methoxy groups -OCH3 is 1. The third kappa shape index (κ3) is 5.18. The number of carbonyl (C=O) groups is 1. The van der Waals surface area contributed by atoms with Gasteiger partial charge in [-0.2, -0.15) is 5.10 Å². The van der Waals surface area contributed by atoms with Crippen molar-refractivity contribution in [2.45, 2.75) is 18.4 Å². The Bertz CT molecular complexity index is 1430. The van der Waals surface area contributed by atoms with Crippen LogP contribution in [0.15, 0.2) is 83.9 Å². The molecular formula is C26H25N3O4S. The summed E-state index contributed by atoms with van der Waals surface area (Å²) < 4.78 is 30.9. The zero-order valence-corrected chi connectivity index (χ0v) is 20.0. The van der Waals surface area contributed by atoms with E-state index in [1.807, 2.05) is 61.5 Å². The molecule has 7 nitrogen and oxygen atoms in total. The van der Waals surface area contributed by atoms with Crippen molar-refractivity contribution in [2.75, 3.05) is 18.7 Å². The van der Waals surface area contributed by atoms with Crippen molar-refractivity contribution in [2.24, 2.45) is 0 Å². The van der Waals surface area contributed by atoms with Crippen molar-refractivity contribution in [3.8, 4) is 17.0 Å². The molecule has 0 saturated carbocycles. The number of carbonyl (C=O) groups excluding carboxylic acids is 1. The van der Waals surface area contributed by atoms with E-state index in [1.165, 1.54) is 12.1 Å². The molecule has 1 aromatic heterocycles. The molecule has 0 radical (unpaired) electrons. The molecule has 8 heteroatoms. The van der Waals surface area contributed by atoms with Gasteiger partial charge in [-0.25, -0.2) is 8.42 Å². The monoisotopic (exact) mass is 475 g/mol. The highest BCUT2D eigenvalue weighted by Gasteiger charge is 2.20. The topological polar surface area (TPSA) is 90.3 Å². The molecular weight excluding hydrogens is 450 g/mol. The van der Waals surface area contributed by atoms with Gasteiger partial charge in [0.25, 0.3) is 5.91 Å². The fourth-order valence-electron chi connectivity index (χ4n) is 3.56. The summed E-state index contributed by atoms with van der Waals surface area (Å²) in [7, 11) is -1.82. The predicted octanol–water partition coefficient (Wildman–Crippen LogP) is 4.57. The minimum absolute atomic E-state index is 0.142. The predicted molar refractivity (Wildman–Crippen MR) is 132 cm³/mol. The quantitative estimate of drug-likeness (QED) is 0.423. The van der Waals surface area contributed by atoms with Gasteiger partial charge in [-0.3, -0.25) is 9.48 Å². The molecule has 0 saturated heterocycles. The van der Waals surface area contributed by atoms with Crippen LogP contribution >= 0.6 is 0 Å². The number of sulfone groups is 1. The molecule has 0 aliphatic heterocycles. The molecule has 1 N–H and O–H groups in total. The fraction of sp³-hybridized carbons (Fsp3) is 0.154. The number of aryl methyl sites for hydroxylation is 1. The third-order valence-electron chi connectivity index (χ3n) is 5.44. The van der Waals surface area contributed by atoms with E-state index in [1.54, 1.807) is 24.1 Å². The van der Waals surface area contributed by atoms with Crippen molar-refractivity contribution in [3.63, 3.8) is 0 Å². The van der Waals surface area contributed by atoms with E-state index < -0.39 is 9.84 Å². The summed E-state index contributed by atoms with van der Waals surface area (Å²) in [6.07, 6.45) is 2.84. The first kappa shape index (κ1) is 23.3. The number of nitrogens with zero attached hydrogens (tertiary/aromatic N) is 2. The van der Waals surface area contributed by atoms with E-state index in [0.29, 0.717) is 29.2 Å². The average molecular weight is 476 g/mol. The molecule has 0 atom stereocenters. The number of hydrogen-bond donors (Lipinski definition) is 1. The summed E-state index contributed by atoms with van der Waals surface area (Å²) in [5.74, 6) is 0.325. The smallest absolute Gasteiger partial charge is 0.259 e. The minimum Gasteiger partial charge on any atom is -0.497 e.